The van der Waals surface area contributed by atoms with Crippen LogP contribution < -0.4 is 4.90 Å². The highest BCUT2D eigenvalue weighted by Gasteiger charge is 2.00. The lowest BCUT2D eigenvalue weighted by Crippen LogP contribution is -2.28. The van der Waals surface area contributed by atoms with Crippen LogP contribution in [0.4, 0.5) is 5.69 Å². The molecule has 14 heavy (non-hydrogen) atoms. The molecule has 1 rings (SSSR count). The van der Waals surface area contributed by atoms with Crippen molar-refractivity contribution in [3.8, 4) is 0 Å². The Bertz CT molecular complexity index is 281. The molecule has 0 atom stereocenters. The molecule has 0 N–H and O–H groups in total. The van der Waals surface area contributed by atoms with Crippen LogP contribution in [-0.2, 0) is 0 Å². The van der Waals surface area contributed by atoms with Gasteiger partial charge in [0.2, 0.25) is 0 Å². The molecule has 0 aromatic heterocycles. The van der Waals surface area contributed by atoms with Gasteiger partial charge in [-0.3, -0.25) is 0 Å². The Morgan fingerprint density at radius 2 is 1.79 bits per heavy atom. The van der Waals surface area contributed by atoms with Crippen LogP contribution in [0.1, 0.15) is 5.56 Å². The number of aryl methyl sites for hydroxylation is 1. The second-order valence-electron chi connectivity index (χ2n) is 4.06. The third-order valence-electron chi connectivity index (χ3n) is 2.33. The molecule has 1 aromatic carbocycles. The van der Waals surface area contributed by atoms with Gasteiger partial charge in [-0.2, -0.15) is 0 Å². The van der Waals surface area contributed by atoms with Gasteiger partial charge < -0.3 is 9.80 Å². The summed E-state index contributed by atoms with van der Waals surface area (Å²) in [6, 6.07) is 8.61. The molecular formula is C12H20N2. The van der Waals surface area contributed by atoms with Crippen LogP contribution >= 0.6 is 0 Å². The molecule has 0 aliphatic carbocycles. The number of nitrogens with zero attached hydrogens (tertiary/aromatic N) is 2. The maximum atomic E-state index is 2.28. The Morgan fingerprint density at radius 3 is 2.36 bits per heavy atom. The topological polar surface area (TPSA) is 6.48 Å². The van der Waals surface area contributed by atoms with Crippen molar-refractivity contribution in [1.82, 2.24) is 4.90 Å². The zero-order valence-corrected chi connectivity index (χ0v) is 9.62. The Balaban J connectivity index is 2.56. The van der Waals surface area contributed by atoms with Crippen LogP contribution in [-0.4, -0.2) is 39.1 Å². The van der Waals surface area contributed by atoms with Gasteiger partial charge in [0.15, 0.2) is 0 Å². The molecule has 0 unspecified atom stereocenters. The van der Waals surface area contributed by atoms with Crippen LogP contribution in [0.2, 0.25) is 0 Å². The number of anilines is 1. The average Bonchev–Trinajstić information content (AvgIpc) is 2.14. The fourth-order valence-corrected chi connectivity index (χ4v) is 1.34. The van der Waals surface area contributed by atoms with E-state index < -0.39 is 0 Å². The second kappa shape index (κ2) is 5.01. The van der Waals surface area contributed by atoms with Crippen LogP contribution in [0.15, 0.2) is 24.3 Å². The van der Waals surface area contributed by atoms with Crippen molar-refractivity contribution in [1.29, 1.82) is 0 Å². The van der Waals surface area contributed by atoms with Crippen molar-refractivity contribution in [3.63, 3.8) is 0 Å². The summed E-state index contributed by atoms with van der Waals surface area (Å²) in [5.74, 6) is 0. The summed E-state index contributed by atoms with van der Waals surface area (Å²) in [7, 11) is 6.34. The molecule has 2 heteroatoms. The van der Waals surface area contributed by atoms with E-state index in [-0.39, 0.29) is 0 Å². The highest BCUT2D eigenvalue weighted by atomic mass is 15.1. The molecule has 78 valence electrons. The maximum Gasteiger partial charge on any atom is 0.0366 e. The molecule has 1 aromatic rings. The number of likely N-dealkylation sites (N-methyl/N-ethyl adjacent to an activating group) is 2. The van der Waals surface area contributed by atoms with Gasteiger partial charge in [0, 0.05) is 25.8 Å². The lowest BCUT2D eigenvalue weighted by molar-refractivity contribution is 0.416. The third-order valence-corrected chi connectivity index (χ3v) is 2.33. The minimum Gasteiger partial charge on any atom is -0.373 e. The standard InChI is InChI=1S/C12H20N2/c1-11-6-5-7-12(10-11)14(4)9-8-13(2)3/h5-7,10H,8-9H2,1-4H3. The monoisotopic (exact) mass is 192 g/mol. The Morgan fingerprint density at radius 1 is 1.07 bits per heavy atom. The first kappa shape index (κ1) is 11.1. The summed E-state index contributed by atoms with van der Waals surface area (Å²) in [6.07, 6.45) is 0. The van der Waals surface area contributed by atoms with Crippen molar-refractivity contribution >= 4 is 5.69 Å². The average molecular weight is 192 g/mol. The summed E-state index contributed by atoms with van der Waals surface area (Å²) in [6.45, 7) is 4.28. The maximum absolute atomic E-state index is 2.28. The van der Waals surface area contributed by atoms with Gasteiger partial charge in [0.05, 0.1) is 0 Å². The first-order valence-corrected chi connectivity index (χ1v) is 5.02. The predicted molar refractivity (Wildman–Crippen MR) is 63.0 cm³/mol. The third kappa shape index (κ3) is 3.38. The largest absolute Gasteiger partial charge is 0.373 e. The number of hydrogen-bond acceptors (Lipinski definition) is 2. The van der Waals surface area contributed by atoms with Crippen LogP contribution in [0.3, 0.4) is 0 Å². The fourth-order valence-electron chi connectivity index (χ4n) is 1.34. The van der Waals surface area contributed by atoms with Gasteiger partial charge in [-0.15, -0.1) is 0 Å². The van der Waals surface area contributed by atoms with E-state index in [0.29, 0.717) is 0 Å². The van der Waals surface area contributed by atoms with Gasteiger partial charge in [-0.1, -0.05) is 12.1 Å². The van der Waals surface area contributed by atoms with Crippen molar-refractivity contribution in [3.05, 3.63) is 29.8 Å². The van der Waals surface area contributed by atoms with E-state index in [2.05, 4.69) is 62.1 Å². The smallest absolute Gasteiger partial charge is 0.0366 e. The van der Waals surface area contributed by atoms with E-state index in [1.807, 2.05) is 0 Å². The van der Waals surface area contributed by atoms with E-state index in [9.17, 15) is 0 Å². The van der Waals surface area contributed by atoms with Gasteiger partial charge >= 0.3 is 0 Å². The normalized spacial score (nSPS) is 10.6. The SMILES string of the molecule is Cc1cccc(N(C)CCN(C)C)c1. The van der Waals surface area contributed by atoms with Crippen LogP contribution in [0.5, 0.6) is 0 Å². The van der Waals surface area contributed by atoms with Crippen molar-refractivity contribution in [2.24, 2.45) is 0 Å². The first-order chi connectivity index (χ1) is 6.59. The van der Waals surface area contributed by atoms with Gasteiger partial charge in [-0.25, -0.2) is 0 Å². The Kier molecular flexibility index (Phi) is 3.96. The predicted octanol–water partition coefficient (Wildman–Crippen LogP) is 1.99. The van der Waals surface area contributed by atoms with E-state index in [4.69, 9.17) is 0 Å². The fraction of sp³-hybridized carbons (Fsp3) is 0.500. The summed E-state index contributed by atoms with van der Waals surface area (Å²) in [4.78, 5) is 4.49. The molecule has 0 saturated carbocycles. The minimum atomic E-state index is 1.07. The number of rotatable bonds is 4. The first-order valence-electron chi connectivity index (χ1n) is 5.02. The zero-order valence-electron chi connectivity index (χ0n) is 9.62. The Labute approximate surface area is 87.1 Å². The molecule has 0 amide bonds. The van der Waals surface area contributed by atoms with E-state index in [1.54, 1.807) is 0 Å². The van der Waals surface area contributed by atoms with Gasteiger partial charge in [-0.05, 0) is 38.7 Å². The molecule has 0 aliphatic rings. The molecular weight excluding hydrogens is 172 g/mol. The summed E-state index contributed by atoms with van der Waals surface area (Å²) in [5.41, 5.74) is 2.62. The lowest BCUT2D eigenvalue weighted by Gasteiger charge is -2.21. The molecule has 0 heterocycles. The summed E-state index contributed by atoms with van der Waals surface area (Å²) >= 11 is 0. The highest BCUT2D eigenvalue weighted by Crippen LogP contribution is 2.13. The van der Waals surface area contributed by atoms with E-state index >= 15 is 0 Å². The highest BCUT2D eigenvalue weighted by molar-refractivity contribution is 5.47. The molecule has 2 nitrogen and oxygen atoms in total. The molecule has 0 saturated heterocycles. The zero-order chi connectivity index (χ0) is 10.6. The summed E-state index contributed by atoms with van der Waals surface area (Å²) < 4.78 is 0. The quantitative estimate of drug-likeness (QED) is 0.720. The van der Waals surface area contributed by atoms with Gasteiger partial charge in [0.1, 0.15) is 0 Å². The van der Waals surface area contributed by atoms with Crippen LogP contribution in [0, 0.1) is 6.92 Å². The number of hydrogen-bond donors (Lipinski definition) is 0. The molecule has 0 aliphatic heterocycles. The second-order valence-corrected chi connectivity index (χ2v) is 4.06. The van der Waals surface area contributed by atoms with E-state index in [0.717, 1.165) is 13.1 Å². The molecule has 0 spiro atoms. The van der Waals surface area contributed by atoms with Crippen molar-refractivity contribution in [2.45, 2.75) is 6.92 Å². The van der Waals surface area contributed by atoms with Crippen molar-refractivity contribution < 1.29 is 0 Å². The van der Waals surface area contributed by atoms with E-state index in [1.165, 1.54) is 11.3 Å². The van der Waals surface area contributed by atoms with Gasteiger partial charge in [0.25, 0.3) is 0 Å². The summed E-state index contributed by atoms with van der Waals surface area (Å²) in [5, 5.41) is 0. The minimum absolute atomic E-state index is 1.07. The molecule has 0 bridgehead atoms. The van der Waals surface area contributed by atoms with Crippen molar-refractivity contribution in [2.75, 3.05) is 39.1 Å². The molecule has 0 radical (unpaired) electrons. The molecule has 0 fully saturated rings. The Hall–Kier alpha value is -1.02. The lowest BCUT2D eigenvalue weighted by atomic mass is 10.2. The van der Waals surface area contributed by atoms with Crippen LogP contribution in [0.25, 0.3) is 0 Å². The number of benzene rings is 1.